The molecular formula is C14H17BrN2O2. The number of nitrogens with one attached hydrogen (secondary N) is 1. The fourth-order valence-corrected chi connectivity index (χ4v) is 2.45. The lowest BCUT2D eigenvalue weighted by molar-refractivity contribution is -0.129. The first-order chi connectivity index (χ1) is 8.97. The Hall–Kier alpha value is -1.36. The van der Waals surface area contributed by atoms with Gasteiger partial charge < -0.3 is 10.2 Å². The third kappa shape index (κ3) is 3.35. The number of hydrogen-bond donors (Lipinski definition) is 1. The number of carbonyl (C=O) groups excluding carboxylic acids is 2. The smallest absolute Gasteiger partial charge is 0.229 e. The van der Waals surface area contributed by atoms with Gasteiger partial charge in [0.2, 0.25) is 11.8 Å². The molecule has 0 radical (unpaired) electrons. The zero-order valence-electron chi connectivity index (χ0n) is 11.0. The monoisotopic (exact) mass is 324 g/mol. The van der Waals surface area contributed by atoms with Gasteiger partial charge in [-0.25, -0.2) is 0 Å². The van der Waals surface area contributed by atoms with Crippen LogP contribution in [0.2, 0.25) is 0 Å². The third-order valence-corrected chi connectivity index (χ3v) is 3.79. The van der Waals surface area contributed by atoms with Crippen molar-refractivity contribution in [1.82, 2.24) is 4.90 Å². The maximum Gasteiger partial charge on any atom is 0.229 e. The van der Waals surface area contributed by atoms with Crippen LogP contribution < -0.4 is 5.32 Å². The summed E-state index contributed by atoms with van der Waals surface area (Å²) in [6.45, 7) is 4.44. The molecule has 4 nitrogen and oxygen atoms in total. The van der Waals surface area contributed by atoms with Crippen LogP contribution in [0.25, 0.3) is 0 Å². The Balaban J connectivity index is 1.98. The molecule has 0 aliphatic carbocycles. The van der Waals surface area contributed by atoms with Crippen LogP contribution in [-0.4, -0.2) is 29.3 Å². The van der Waals surface area contributed by atoms with E-state index in [1.807, 2.05) is 38.1 Å². The molecule has 0 aromatic heterocycles. The zero-order valence-corrected chi connectivity index (χ0v) is 12.6. The number of carbonyl (C=O) groups is 2. The highest BCUT2D eigenvalue weighted by atomic mass is 79.9. The number of amides is 2. The Morgan fingerprint density at radius 3 is 2.53 bits per heavy atom. The molecule has 1 aliphatic rings. The van der Waals surface area contributed by atoms with E-state index in [0.717, 1.165) is 10.2 Å². The molecular weight excluding hydrogens is 308 g/mol. The molecule has 1 heterocycles. The van der Waals surface area contributed by atoms with Crippen LogP contribution in [0.3, 0.4) is 0 Å². The summed E-state index contributed by atoms with van der Waals surface area (Å²) < 4.78 is 0.965. The van der Waals surface area contributed by atoms with Crippen molar-refractivity contribution in [1.29, 1.82) is 0 Å². The predicted molar refractivity (Wildman–Crippen MR) is 77.7 cm³/mol. The average molecular weight is 325 g/mol. The minimum absolute atomic E-state index is 0.0611. The van der Waals surface area contributed by atoms with Crippen LogP contribution in [-0.2, 0) is 9.59 Å². The number of halogens is 1. The van der Waals surface area contributed by atoms with Gasteiger partial charge in [-0.3, -0.25) is 9.59 Å². The van der Waals surface area contributed by atoms with Gasteiger partial charge >= 0.3 is 0 Å². The number of anilines is 1. The van der Waals surface area contributed by atoms with Gasteiger partial charge in [-0.2, -0.15) is 0 Å². The summed E-state index contributed by atoms with van der Waals surface area (Å²) in [5, 5.41) is 2.85. The van der Waals surface area contributed by atoms with E-state index in [1.54, 1.807) is 4.90 Å². The maximum atomic E-state index is 12.1. The zero-order chi connectivity index (χ0) is 14.0. The van der Waals surface area contributed by atoms with Crippen molar-refractivity contribution in [3.8, 4) is 0 Å². The van der Waals surface area contributed by atoms with E-state index in [1.165, 1.54) is 0 Å². The van der Waals surface area contributed by atoms with Crippen LogP contribution in [0.1, 0.15) is 20.3 Å². The fraction of sp³-hybridized carbons (Fsp3) is 0.429. The second-order valence-electron chi connectivity index (χ2n) is 5.04. The summed E-state index contributed by atoms with van der Waals surface area (Å²) in [5.41, 5.74) is 0.753. The summed E-state index contributed by atoms with van der Waals surface area (Å²) >= 11 is 3.35. The van der Waals surface area contributed by atoms with Crippen LogP contribution in [0.15, 0.2) is 28.7 Å². The highest BCUT2D eigenvalue weighted by Crippen LogP contribution is 2.22. The average Bonchev–Trinajstić information content (AvgIpc) is 2.74. The minimum Gasteiger partial charge on any atom is -0.339 e. The van der Waals surface area contributed by atoms with Crippen molar-refractivity contribution in [2.45, 2.75) is 26.3 Å². The van der Waals surface area contributed by atoms with E-state index in [-0.39, 0.29) is 23.8 Å². The molecule has 2 amide bonds. The number of rotatable bonds is 3. The van der Waals surface area contributed by atoms with Crippen molar-refractivity contribution in [2.75, 3.05) is 11.9 Å². The standard InChI is InChI=1S/C14H17BrN2O2/c1-9(2)17-8-10(7-13(17)18)14(19)16-12-5-3-11(15)4-6-12/h3-6,9-10H,7-8H2,1-2H3,(H,16,19)/t10-/m1/s1. The van der Waals surface area contributed by atoms with Crippen molar-refractivity contribution in [3.63, 3.8) is 0 Å². The van der Waals surface area contributed by atoms with Gasteiger partial charge in [-0.1, -0.05) is 15.9 Å². The van der Waals surface area contributed by atoms with Gasteiger partial charge in [0.15, 0.2) is 0 Å². The molecule has 102 valence electrons. The normalized spacial score (nSPS) is 19.1. The molecule has 5 heteroatoms. The number of likely N-dealkylation sites (tertiary alicyclic amines) is 1. The molecule has 19 heavy (non-hydrogen) atoms. The molecule has 1 saturated heterocycles. The highest BCUT2D eigenvalue weighted by Gasteiger charge is 2.35. The van der Waals surface area contributed by atoms with Gasteiger partial charge in [0, 0.05) is 29.2 Å². The van der Waals surface area contributed by atoms with Crippen LogP contribution in [0.5, 0.6) is 0 Å². The quantitative estimate of drug-likeness (QED) is 0.929. The fourth-order valence-electron chi connectivity index (χ4n) is 2.18. The lowest BCUT2D eigenvalue weighted by atomic mass is 10.1. The van der Waals surface area contributed by atoms with Gasteiger partial charge in [0.05, 0.1) is 5.92 Å². The Kier molecular flexibility index (Phi) is 4.24. The van der Waals surface area contributed by atoms with E-state index >= 15 is 0 Å². The Morgan fingerprint density at radius 2 is 2.00 bits per heavy atom. The molecule has 1 N–H and O–H groups in total. The molecule has 0 unspecified atom stereocenters. The first-order valence-corrected chi connectivity index (χ1v) is 7.12. The van der Waals surface area contributed by atoms with Crippen molar-refractivity contribution in [3.05, 3.63) is 28.7 Å². The largest absolute Gasteiger partial charge is 0.339 e. The molecule has 1 aliphatic heterocycles. The summed E-state index contributed by atoms with van der Waals surface area (Å²) in [4.78, 5) is 25.6. The molecule has 1 aromatic rings. The first kappa shape index (κ1) is 14.1. The number of benzene rings is 1. The molecule has 0 saturated carbocycles. The van der Waals surface area contributed by atoms with Gasteiger partial charge in [-0.15, -0.1) is 0 Å². The summed E-state index contributed by atoms with van der Waals surface area (Å²) in [6.07, 6.45) is 0.306. The third-order valence-electron chi connectivity index (χ3n) is 3.26. The second kappa shape index (κ2) is 5.74. The lowest BCUT2D eigenvalue weighted by Gasteiger charge is -2.20. The summed E-state index contributed by atoms with van der Waals surface area (Å²) in [7, 11) is 0. The van der Waals surface area contributed by atoms with Gasteiger partial charge in [0.1, 0.15) is 0 Å². The number of hydrogen-bond acceptors (Lipinski definition) is 2. The van der Waals surface area contributed by atoms with Crippen LogP contribution in [0, 0.1) is 5.92 Å². The van der Waals surface area contributed by atoms with Crippen molar-refractivity contribution >= 4 is 33.4 Å². The van der Waals surface area contributed by atoms with E-state index < -0.39 is 0 Å². The second-order valence-corrected chi connectivity index (χ2v) is 5.95. The molecule has 2 rings (SSSR count). The lowest BCUT2D eigenvalue weighted by Crippen LogP contribution is -2.33. The Morgan fingerprint density at radius 1 is 1.37 bits per heavy atom. The first-order valence-electron chi connectivity index (χ1n) is 6.33. The molecule has 1 atom stereocenters. The van der Waals surface area contributed by atoms with Gasteiger partial charge in [0.25, 0.3) is 0 Å². The van der Waals surface area contributed by atoms with Crippen LogP contribution in [0.4, 0.5) is 5.69 Å². The Labute approximate surface area is 121 Å². The Bertz CT molecular complexity index is 485. The molecule has 1 aromatic carbocycles. The number of nitrogens with zero attached hydrogens (tertiary/aromatic N) is 1. The van der Waals surface area contributed by atoms with E-state index in [9.17, 15) is 9.59 Å². The van der Waals surface area contributed by atoms with E-state index in [4.69, 9.17) is 0 Å². The molecule has 0 spiro atoms. The summed E-state index contributed by atoms with van der Waals surface area (Å²) in [6, 6.07) is 7.56. The topological polar surface area (TPSA) is 49.4 Å². The summed E-state index contributed by atoms with van der Waals surface area (Å²) in [5.74, 6) is -0.275. The predicted octanol–water partition coefficient (Wildman–Crippen LogP) is 2.64. The van der Waals surface area contributed by atoms with Crippen molar-refractivity contribution < 1.29 is 9.59 Å². The van der Waals surface area contributed by atoms with Crippen LogP contribution >= 0.6 is 15.9 Å². The maximum absolute atomic E-state index is 12.1. The van der Waals surface area contributed by atoms with Gasteiger partial charge in [-0.05, 0) is 38.1 Å². The molecule has 1 fully saturated rings. The minimum atomic E-state index is -0.251. The van der Waals surface area contributed by atoms with E-state index in [0.29, 0.717) is 13.0 Å². The molecule has 0 bridgehead atoms. The van der Waals surface area contributed by atoms with E-state index in [2.05, 4.69) is 21.2 Å². The SMILES string of the molecule is CC(C)N1C[C@H](C(=O)Nc2ccc(Br)cc2)CC1=O. The highest BCUT2D eigenvalue weighted by molar-refractivity contribution is 9.10. The van der Waals surface area contributed by atoms with Crippen molar-refractivity contribution in [2.24, 2.45) is 5.92 Å².